The van der Waals surface area contributed by atoms with Crippen molar-refractivity contribution in [1.29, 1.82) is 0 Å². The molecule has 2 N–H and O–H groups in total. The van der Waals surface area contributed by atoms with Crippen LogP contribution in [0.1, 0.15) is 0 Å². The number of benzene rings is 2. The van der Waals surface area contributed by atoms with Crippen molar-refractivity contribution >= 4 is 38.7 Å². The van der Waals surface area contributed by atoms with Crippen molar-refractivity contribution in [2.45, 2.75) is 4.90 Å². The molecule has 0 fully saturated rings. The third-order valence-corrected chi connectivity index (χ3v) is 5.41. The van der Waals surface area contributed by atoms with Gasteiger partial charge in [-0.05, 0) is 36.5 Å². The average molecular weight is 410 g/mol. The van der Waals surface area contributed by atoms with Gasteiger partial charge in [-0.15, -0.1) is 0 Å². The van der Waals surface area contributed by atoms with E-state index in [-0.39, 0.29) is 23.7 Å². The molecular weight excluding hydrogens is 392 g/mol. The van der Waals surface area contributed by atoms with Crippen molar-refractivity contribution in [2.24, 2.45) is 0 Å². The molecule has 0 aromatic heterocycles. The maximum absolute atomic E-state index is 12.6. The van der Waals surface area contributed by atoms with Gasteiger partial charge in [0.25, 0.3) is 15.7 Å². The smallest absolute Gasteiger partial charge is 0.269 e. The SMILES string of the molecule is CON(CCNC(=S)Nc1ccccc1)S(=O)(=O)c1ccc([N+](=O)[O-])cc1. The monoisotopic (exact) mass is 410 g/mol. The average Bonchev–Trinajstić information content (AvgIpc) is 2.66. The van der Waals surface area contributed by atoms with Crippen LogP contribution >= 0.6 is 12.2 Å². The van der Waals surface area contributed by atoms with E-state index in [0.717, 1.165) is 34.4 Å². The fourth-order valence-corrected chi connectivity index (χ4v) is 3.59. The Labute approximate surface area is 162 Å². The molecule has 2 aromatic rings. The number of hydrogen-bond donors (Lipinski definition) is 2. The molecule has 0 aliphatic rings. The summed E-state index contributed by atoms with van der Waals surface area (Å²) in [7, 11) is -2.74. The number of nitrogens with one attached hydrogen (secondary N) is 2. The Morgan fingerprint density at radius 3 is 2.37 bits per heavy atom. The summed E-state index contributed by atoms with van der Waals surface area (Å²) < 4.78 is 25.9. The molecule has 144 valence electrons. The minimum absolute atomic E-state index is 0.0214. The Morgan fingerprint density at radius 1 is 1.19 bits per heavy atom. The van der Waals surface area contributed by atoms with Crippen LogP contribution in [0.15, 0.2) is 59.5 Å². The first-order chi connectivity index (χ1) is 12.8. The summed E-state index contributed by atoms with van der Waals surface area (Å²) in [6.07, 6.45) is 0. The van der Waals surface area contributed by atoms with E-state index in [1.165, 1.54) is 7.11 Å². The van der Waals surface area contributed by atoms with Crippen LogP contribution in [0.5, 0.6) is 0 Å². The second-order valence-electron chi connectivity index (χ2n) is 5.21. The molecule has 2 aromatic carbocycles. The zero-order valence-electron chi connectivity index (χ0n) is 14.4. The molecule has 0 unspecified atom stereocenters. The van der Waals surface area contributed by atoms with Crippen molar-refractivity contribution in [2.75, 3.05) is 25.5 Å². The van der Waals surface area contributed by atoms with Crippen LogP contribution in [0.2, 0.25) is 0 Å². The third-order valence-electron chi connectivity index (χ3n) is 3.43. The van der Waals surface area contributed by atoms with Crippen LogP contribution in [0.4, 0.5) is 11.4 Å². The fraction of sp³-hybridized carbons (Fsp3) is 0.188. The quantitative estimate of drug-likeness (QED) is 0.387. The number of hydroxylamine groups is 1. The van der Waals surface area contributed by atoms with Gasteiger partial charge in [0.1, 0.15) is 0 Å². The number of para-hydroxylation sites is 1. The van der Waals surface area contributed by atoms with E-state index < -0.39 is 14.9 Å². The lowest BCUT2D eigenvalue weighted by Crippen LogP contribution is -2.39. The van der Waals surface area contributed by atoms with E-state index >= 15 is 0 Å². The van der Waals surface area contributed by atoms with Gasteiger partial charge in [-0.2, -0.15) is 0 Å². The van der Waals surface area contributed by atoms with Crippen molar-refractivity contribution < 1.29 is 18.2 Å². The van der Waals surface area contributed by atoms with Gasteiger partial charge >= 0.3 is 0 Å². The Hall–Kier alpha value is -2.60. The highest BCUT2D eigenvalue weighted by molar-refractivity contribution is 7.89. The van der Waals surface area contributed by atoms with Crippen molar-refractivity contribution in [3.8, 4) is 0 Å². The van der Waals surface area contributed by atoms with Crippen molar-refractivity contribution in [1.82, 2.24) is 9.79 Å². The third kappa shape index (κ3) is 5.69. The van der Waals surface area contributed by atoms with Gasteiger partial charge in [0, 0.05) is 24.4 Å². The molecule has 0 bridgehead atoms. The van der Waals surface area contributed by atoms with Gasteiger partial charge in [0.2, 0.25) is 0 Å². The molecule has 0 saturated carbocycles. The topological polar surface area (TPSA) is 114 Å². The molecule has 27 heavy (non-hydrogen) atoms. The zero-order chi connectivity index (χ0) is 19.9. The molecule has 11 heteroatoms. The Kier molecular flexibility index (Phi) is 7.19. The minimum Gasteiger partial charge on any atom is -0.361 e. The predicted octanol–water partition coefficient (Wildman–Crippen LogP) is 2.13. The summed E-state index contributed by atoms with van der Waals surface area (Å²) >= 11 is 5.16. The summed E-state index contributed by atoms with van der Waals surface area (Å²) in [5.74, 6) is 0. The summed E-state index contributed by atoms with van der Waals surface area (Å²) in [5, 5.41) is 16.9. The van der Waals surface area contributed by atoms with E-state index in [4.69, 9.17) is 17.1 Å². The van der Waals surface area contributed by atoms with Gasteiger partial charge < -0.3 is 10.6 Å². The first kappa shape index (κ1) is 20.7. The highest BCUT2D eigenvalue weighted by Crippen LogP contribution is 2.19. The maximum Gasteiger partial charge on any atom is 0.269 e. The predicted molar refractivity (Wildman–Crippen MR) is 105 cm³/mol. The van der Waals surface area contributed by atoms with E-state index in [1.807, 2.05) is 30.3 Å². The molecule has 0 spiro atoms. The molecule has 0 atom stereocenters. The van der Waals surface area contributed by atoms with Crippen LogP contribution in [-0.4, -0.2) is 43.1 Å². The lowest BCUT2D eigenvalue weighted by atomic mass is 10.3. The molecule has 0 heterocycles. The number of sulfonamides is 1. The molecule has 0 radical (unpaired) electrons. The first-order valence-electron chi connectivity index (χ1n) is 7.76. The molecule has 0 amide bonds. The number of rotatable bonds is 8. The molecular formula is C16H18N4O5S2. The standard InChI is InChI=1S/C16H18N4O5S2/c1-25-19(12-11-17-16(26)18-13-5-3-2-4-6-13)27(23,24)15-9-7-14(8-10-15)20(21)22/h2-10H,11-12H2,1H3,(H2,17,18,26). The largest absolute Gasteiger partial charge is 0.361 e. The first-order valence-corrected chi connectivity index (χ1v) is 9.60. The molecule has 2 rings (SSSR count). The molecule has 9 nitrogen and oxygen atoms in total. The normalized spacial score (nSPS) is 11.2. The van der Waals surface area contributed by atoms with E-state index in [1.54, 1.807) is 0 Å². The summed E-state index contributed by atoms with van der Waals surface area (Å²) in [5.41, 5.74) is 0.606. The summed E-state index contributed by atoms with van der Waals surface area (Å²) in [6.45, 7) is 0.172. The second-order valence-corrected chi connectivity index (χ2v) is 7.45. The summed E-state index contributed by atoms with van der Waals surface area (Å²) in [6, 6.07) is 13.8. The second kappa shape index (κ2) is 9.37. The van der Waals surface area contributed by atoms with Crippen molar-refractivity contribution in [3.05, 3.63) is 64.7 Å². The van der Waals surface area contributed by atoms with Crippen LogP contribution in [0, 0.1) is 10.1 Å². The van der Waals surface area contributed by atoms with E-state index in [0.29, 0.717) is 5.11 Å². The molecule has 0 saturated heterocycles. The number of anilines is 1. The lowest BCUT2D eigenvalue weighted by molar-refractivity contribution is -0.384. The highest BCUT2D eigenvalue weighted by Gasteiger charge is 2.25. The Balaban J connectivity index is 1.95. The number of thiocarbonyl (C=S) groups is 1. The van der Waals surface area contributed by atoms with Gasteiger partial charge in [-0.25, -0.2) is 8.42 Å². The Bertz CT molecular complexity index is 889. The van der Waals surface area contributed by atoms with Crippen molar-refractivity contribution in [3.63, 3.8) is 0 Å². The number of nitro groups is 1. The maximum atomic E-state index is 12.6. The van der Waals surface area contributed by atoms with Gasteiger partial charge in [-0.3, -0.25) is 15.0 Å². The van der Waals surface area contributed by atoms with Gasteiger partial charge in [-0.1, -0.05) is 22.7 Å². The number of nitrogens with zero attached hydrogens (tertiary/aromatic N) is 2. The zero-order valence-corrected chi connectivity index (χ0v) is 16.0. The molecule has 0 aliphatic carbocycles. The minimum atomic E-state index is -3.97. The van der Waals surface area contributed by atoms with E-state index in [2.05, 4.69) is 10.6 Å². The van der Waals surface area contributed by atoms with Crippen LogP contribution < -0.4 is 10.6 Å². The Morgan fingerprint density at radius 2 is 1.81 bits per heavy atom. The number of nitro benzene ring substituents is 1. The van der Waals surface area contributed by atoms with Crippen LogP contribution in [-0.2, 0) is 14.9 Å². The summed E-state index contributed by atoms with van der Waals surface area (Å²) in [4.78, 5) is 14.9. The van der Waals surface area contributed by atoms with Crippen LogP contribution in [0.3, 0.4) is 0 Å². The van der Waals surface area contributed by atoms with Crippen LogP contribution in [0.25, 0.3) is 0 Å². The van der Waals surface area contributed by atoms with E-state index in [9.17, 15) is 18.5 Å². The lowest BCUT2D eigenvalue weighted by Gasteiger charge is -2.20. The van der Waals surface area contributed by atoms with Gasteiger partial charge in [0.05, 0.1) is 23.5 Å². The molecule has 0 aliphatic heterocycles. The number of non-ortho nitro benzene ring substituents is 1. The number of hydrogen-bond acceptors (Lipinski definition) is 6. The highest BCUT2D eigenvalue weighted by atomic mass is 32.2. The fourth-order valence-electron chi connectivity index (χ4n) is 2.12. The van der Waals surface area contributed by atoms with Gasteiger partial charge in [0.15, 0.2) is 5.11 Å².